The average Bonchev–Trinajstić information content (AvgIpc) is 2.72. The Hall–Kier alpha value is -3.36. The maximum Gasteiger partial charge on any atom is 0.267 e. The van der Waals surface area contributed by atoms with Gasteiger partial charge in [-0.3, -0.25) is 4.79 Å². The maximum atomic E-state index is 12.8. The fraction of sp³-hybridized carbons (Fsp3) is 0.400. The summed E-state index contributed by atoms with van der Waals surface area (Å²) in [5, 5.41) is 0. The molecular weight excluding hydrogens is 372 g/mol. The minimum atomic E-state index is -0.633. The third-order valence-electron chi connectivity index (χ3n) is 4.88. The molecule has 1 aromatic carbocycles. The summed E-state index contributed by atoms with van der Waals surface area (Å²) < 4.78 is 11.5. The third-order valence-corrected chi connectivity index (χ3v) is 4.88. The van der Waals surface area contributed by atoms with Crippen LogP contribution < -0.4 is 15.2 Å². The Kier molecular flexibility index (Phi) is 5.20. The van der Waals surface area contributed by atoms with Crippen LogP contribution in [0.2, 0.25) is 0 Å². The molecule has 3 heterocycles. The number of rotatable bonds is 2. The van der Waals surface area contributed by atoms with Gasteiger partial charge in [0.2, 0.25) is 6.10 Å². The lowest BCUT2D eigenvalue weighted by Gasteiger charge is -2.37. The quantitative estimate of drug-likeness (QED) is 0.597. The van der Waals surface area contributed by atoms with Gasteiger partial charge in [-0.05, 0) is 32.0 Å². The van der Waals surface area contributed by atoms with E-state index in [1.54, 1.807) is 11.0 Å². The highest BCUT2D eigenvalue weighted by molar-refractivity contribution is 5.83. The van der Waals surface area contributed by atoms with Crippen molar-refractivity contribution in [1.29, 1.82) is 0 Å². The molecule has 0 bridgehead atoms. The van der Waals surface area contributed by atoms with Gasteiger partial charge in [-0.15, -0.1) is 0 Å². The SMILES string of the molecule is Cc1cc(C)nc(/N=C(\N)N2CCN(C(=O)C3COc4ccccc4O3)CC2)n1. The molecule has 2 aromatic rings. The first-order valence-electron chi connectivity index (χ1n) is 9.58. The lowest BCUT2D eigenvalue weighted by Crippen LogP contribution is -2.56. The average molecular weight is 396 g/mol. The fourth-order valence-corrected chi connectivity index (χ4v) is 3.43. The van der Waals surface area contributed by atoms with Gasteiger partial charge in [0.1, 0.15) is 6.61 Å². The predicted molar refractivity (Wildman–Crippen MR) is 107 cm³/mol. The van der Waals surface area contributed by atoms with E-state index in [1.807, 2.05) is 43.0 Å². The van der Waals surface area contributed by atoms with Crippen molar-refractivity contribution in [2.45, 2.75) is 20.0 Å². The minimum absolute atomic E-state index is 0.0766. The Bertz CT molecular complexity index is 919. The van der Waals surface area contributed by atoms with Crippen molar-refractivity contribution in [1.82, 2.24) is 19.8 Å². The lowest BCUT2D eigenvalue weighted by atomic mass is 10.2. The van der Waals surface area contributed by atoms with Crippen LogP contribution in [-0.2, 0) is 4.79 Å². The highest BCUT2D eigenvalue weighted by Gasteiger charge is 2.33. The Morgan fingerprint density at radius 3 is 2.38 bits per heavy atom. The molecular formula is C20H24N6O3. The Morgan fingerprint density at radius 1 is 1.07 bits per heavy atom. The summed E-state index contributed by atoms with van der Waals surface area (Å²) >= 11 is 0. The van der Waals surface area contributed by atoms with Gasteiger partial charge in [0.15, 0.2) is 17.5 Å². The summed E-state index contributed by atoms with van der Waals surface area (Å²) in [6.45, 7) is 6.22. The van der Waals surface area contributed by atoms with Crippen LogP contribution in [0, 0.1) is 13.8 Å². The zero-order valence-electron chi connectivity index (χ0n) is 16.5. The third kappa shape index (κ3) is 4.23. The molecule has 29 heavy (non-hydrogen) atoms. The van der Waals surface area contributed by atoms with Gasteiger partial charge < -0.3 is 25.0 Å². The number of nitrogens with zero attached hydrogens (tertiary/aromatic N) is 5. The number of ether oxygens (including phenoxy) is 2. The van der Waals surface area contributed by atoms with E-state index in [-0.39, 0.29) is 12.5 Å². The van der Waals surface area contributed by atoms with E-state index in [0.29, 0.717) is 49.6 Å². The van der Waals surface area contributed by atoms with Gasteiger partial charge in [0.05, 0.1) is 0 Å². The molecule has 1 atom stereocenters. The molecule has 0 spiro atoms. The molecule has 2 aliphatic rings. The number of piperazine rings is 1. The number of aliphatic imine (C=N–C) groups is 1. The smallest absolute Gasteiger partial charge is 0.267 e. The molecule has 1 fully saturated rings. The van der Waals surface area contributed by atoms with Gasteiger partial charge in [0, 0.05) is 37.6 Å². The number of para-hydroxylation sites is 2. The largest absolute Gasteiger partial charge is 0.485 e. The number of amides is 1. The van der Waals surface area contributed by atoms with Gasteiger partial charge in [-0.25, -0.2) is 9.97 Å². The highest BCUT2D eigenvalue weighted by atomic mass is 16.6. The van der Waals surface area contributed by atoms with Crippen molar-refractivity contribution in [2.24, 2.45) is 10.7 Å². The standard InChI is InChI=1S/C20H24N6O3/c1-13-11-14(2)23-20(22-13)24-19(21)26-9-7-25(8-10-26)18(27)17-12-28-15-5-3-4-6-16(15)29-17/h3-6,11,17H,7-10,12H2,1-2H3,(H2,21,22,23,24). The van der Waals surface area contributed by atoms with Gasteiger partial charge >= 0.3 is 0 Å². The Morgan fingerprint density at radius 2 is 1.69 bits per heavy atom. The number of aryl methyl sites for hydroxylation is 2. The lowest BCUT2D eigenvalue weighted by molar-refractivity contribution is -0.142. The van der Waals surface area contributed by atoms with E-state index in [9.17, 15) is 4.79 Å². The van der Waals surface area contributed by atoms with Gasteiger partial charge in [-0.2, -0.15) is 4.99 Å². The van der Waals surface area contributed by atoms with Crippen molar-refractivity contribution in [3.8, 4) is 11.5 Å². The Labute approximate surface area is 169 Å². The van der Waals surface area contributed by atoms with E-state index < -0.39 is 6.10 Å². The maximum absolute atomic E-state index is 12.8. The molecule has 1 saturated heterocycles. The second-order valence-corrected chi connectivity index (χ2v) is 7.10. The van der Waals surface area contributed by atoms with E-state index in [2.05, 4.69) is 15.0 Å². The predicted octanol–water partition coefficient (Wildman–Crippen LogP) is 1.02. The number of carbonyl (C=O) groups is 1. The minimum Gasteiger partial charge on any atom is -0.485 e. The number of carbonyl (C=O) groups excluding carboxylic acids is 1. The molecule has 1 amide bonds. The first-order valence-corrected chi connectivity index (χ1v) is 9.58. The molecule has 9 nitrogen and oxygen atoms in total. The van der Waals surface area contributed by atoms with Crippen molar-refractivity contribution >= 4 is 17.8 Å². The molecule has 0 aliphatic carbocycles. The summed E-state index contributed by atoms with van der Waals surface area (Å²) in [6.07, 6.45) is -0.633. The van der Waals surface area contributed by atoms with Crippen LogP contribution in [0.1, 0.15) is 11.4 Å². The van der Waals surface area contributed by atoms with E-state index in [4.69, 9.17) is 15.2 Å². The van der Waals surface area contributed by atoms with Crippen LogP contribution in [-0.4, -0.2) is 70.5 Å². The molecule has 9 heteroatoms. The van der Waals surface area contributed by atoms with Crippen molar-refractivity contribution in [3.63, 3.8) is 0 Å². The number of aromatic nitrogens is 2. The van der Waals surface area contributed by atoms with Gasteiger partial charge in [-0.1, -0.05) is 12.1 Å². The topological polar surface area (TPSA) is 106 Å². The van der Waals surface area contributed by atoms with Gasteiger partial charge in [0.25, 0.3) is 11.9 Å². The molecule has 2 aliphatic heterocycles. The summed E-state index contributed by atoms with van der Waals surface area (Å²) in [5.41, 5.74) is 7.83. The first kappa shape index (κ1) is 19.0. The number of hydrogen-bond acceptors (Lipinski definition) is 6. The van der Waals surface area contributed by atoms with E-state index in [1.165, 1.54) is 0 Å². The number of hydrogen-bond donors (Lipinski definition) is 1. The van der Waals surface area contributed by atoms with Crippen LogP contribution in [0.3, 0.4) is 0 Å². The number of guanidine groups is 1. The molecule has 0 radical (unpaired) electrons. The number of nitrogens with two attached hydrogens (primary N) is 1. The highest BCUT2D eigenvalue weighted by Crippen LogP contribution is 2.31. The monoisotopic (exact) mass is 396 g/mol. The molecule has 152 valence electrons. The van der Waals surface area contributed by atoms with Crippen molar-refractivity contribution in [3.05, 3.63) is 41.7 Å². The second-order valence-electron chi connectivity index (χ2n) is 7.10. The summed E-state index contributed by atoms with van der Waals surface area (Å²) in [7, 11) is 0. The molecule has 2 N–H and O–H groups in total. The van der Waals surface area contributed by atoms with Crippen molar-refractivity contribution < 1.29 is 14.3 Å². The zero-order valence-corrected chi connectivity index (χ0v) is 16.5. The first-order chi connectivity index (χ1) is 14.0. The number of benzene rings is 1. The normalized spacial score (nSPS) is 19.2. The molecule has 0 saturated carbocycles. The van der Waals surface area contributed by atoms with Crippen LogP contribution in [0.25, 0.3) is 0 Å². The molecule has 1 unspecified atom stereocenters. The van der Waals surface area contributed by atoms with E-state index >= 15 is 0 Å². The zero-order chi connectivity index (χ0) is 20.4. The summed E-state index contributed by atoms with van der Waals surface area (Å²) in [4.78, 5) is 29.5. The van der Waals surface area contributed by atoms with Crippen LogP contribution in [0.5, 0.6) is 11.5 Å². The summed E-state index contributed by atoms with van der Waals surface area (Å²) in [5.74, 6) is 1.89. The molecule has 1 aromatic heterocycles. The van der Waals surface area contributed by atoms with E-state index in [0.717, 1.165) is 11.4 Å². The van der Waals surface area contributed by atoms with Crippen LogP contribution in [0.15, 0.2) is 35.3 Å². The van der Waals surface area contributed by atoms with Crippen molar-refractivity contribution in [2.75, 3.05) is 32.8 Å². The fourth-order valence-electron chi connectivity index (χ4n) is 3.43. The Balaban J connectivity index is 1.35. The van der Waals surface area contributed by atoms with Crippen LogP contribution >= 0.6 is 0 Å². The second kappa shape index (κ2) is 7.94. The number of fused-ring (bicyclic) bond motifs is 1. The summed E-state index contributed by atoms with van der Waals surface area (Å²) in [6, 6.07) is 9.25. The van der Waals surface area contributed by atoms with Crippen LogP contribution in [0.4, 0.5) is 5.95 Å². The molecule has 4 rings (SSSR count).